The molecule has 0 radical (unpaired) electrons. The van der Waals surface area contributed by atoms with Crippen molar-refractivity contribution in [3.05, 3.63) is 28.3 Å². The van der Waals surface area contributed by atoms with Gasteiger partial charge in [-0.25, -0.2) is 0 Å². The number of aliphatic carboxylic acids is 1. The van der Waals surface area contributed by atoms with Gasteiger partial charge in [0.1, 0.15) is 0 Å². The molecule has 0 aromatic heterocycles. The van der Waals surface area contributed by atoms with Crippen LogP contribution in [0.1, 0.15) is 33.6 Å². The maximum atomic E-state index is 10.9. The number of benzene rings is 1. The summed E-state index contributed by atoms with van der Waals surface area (Å²) < 4.78 is 5.28. The summed E-state index contributed by atoms with van der Waals surface area (Å²) in [5.74, 6) is -0.662. The molecule has 7 nitrogen and oxygen atoms in total. The number of nitro groups is 1. The van der Waals surface area contributed by atoms with E-state index >= 15 is 0 Å². The zero-order valence-corrected chi connectivity index (χ0v) is 12.4. The Hall–Kier alpha value is -2.31. The van der Waals surface area contributed by atoms with Crippen molar-refractivity contribution in [1.29, 1.82) is 0 Å². The molecule has 116 valence electrons. The average molecular weight is 296 g/mol. The summed E-state index contributed by atoms with van der Waals surface area (Å²) >= 11 is 0. The first-order chi connectivity index (χ1) is 9.75. The normalized spacial score (nSPS) is 11.0. The number of carboxylic acids is 1. The third kappa shape index (κ3) is 5.29. The molecule has 0 fully saturated rings. The van der Waals surface area contributed by atoms with E-state index < -0.39 is 16.4 Å². The lowest BCUT2D eigenvalue weighted by Gasteiger charge is -2.27. The number of carboxylic acid groups (broad SMARTS) is 1. The molecule has 0 saturated carbocycles. The minimum Gasteiger partial charge on any atom is -0.487 e. The highest BCUT2D eigenvalue weighted by molar-refractivity contribution is 5.67. The second kappa shape index (κ2) is 6.92. The quantitative estimate of drug-likeness (QED) is 0.564. The molecule has 1 aromatic carbocycles. The smallest absolute Gasteiger partial charge is 0.311 e. The second-order valence-electron chi connectivity index (χ2n) is 5.28. The highest BCUT2D eigenvalue weighted by atomic mass is 16.6. The maximum absolute atomic E-state index is 10.9. The Bertz CT molecular complexity index is 528. The Labute approximate surface area is 123 Å². The number of rotatable bonds is 8. The van der Waals surface area contributed by atoms with Gasteiger partial charge < -0.3 is 15.2 Å². The van der Waals surface area contributed by atoms with Gasteiger partial charge in [0.2, 0.25) is 0 Å². The van der Waals surface area contributed by atoms with E-state index in [1.165, 1.54) is 6.07 Å². The molecule has 0 aliphatic rings. The topological polar surface area (TPSA) is 102 Å². The van der Waals surface area contributed by atoms with Gasteiger partial charge in [0.15, 0.2) is 5.75 Å². The third-order valence-electron chi connectivity index (χ3n) is 2.90. The first-order valence-corrected chi connectivity index (χ1v) is 6.66. The van der Waals surface area contributed by atoms with Gasteiger partial charge in [-0.2, -0.15) is 0 Å². The summed E-state index contributed by atoms with van der Waals surface area (Å²) in [6.45, 7) is 5.82. The highest BCUT2D eigenvalue weighted by Crippen LogP contribution is 2.31. The minimum atomic E-state index is -0.858. The van der Waals surface area contributed by atoms with Crippen molar-refractivity contribution in [3.63, 3.8) is 0 Å². The number of carbonyl (C=O) groups is 1. The van der Waals surface area contributed by atoms with Gasteiger partial charge >= 0.3 is 11.7 Å². The van der Waals surface area contributed by atoms with Crippen LogP contribution in [-0.4, -0.2) is 28.1 Å². The van der Waals surface area contributed by atoms with Crippen LogP contribution in [0.15, 0.2) is 18.2 Å². The van der Waals surface area contributed by atoms with Crippen molar-refractivity contribution in [2.75, 3.05) is 11.9 Å². The lowest BCUT2D eigenvalue weighted by molar-refractivity contribution is -0.385. The van der Waals surface area contributed by atoms with E-state index in [4.69, 9.17) is 9.84 Å². The van der Waals surface area contributed by atoms with Crippen LogP contribution in [0.5, 0.6) is 5.75 Å². The van der Waals surface area contributed by atoms with Gasteiger partial charge in [0.05, 0.1) is 11.5 Å². The lowest BCUT2D eigenvalue weighted by atomic mass is 9.98. The summed E-state index contributed by atoms with van der Waals surface area (Å²) in [5, 5.41) is 22.8. The fraction of sp³-hybridized carbons (Fsp3) is 0.500. The standard InChI is InChI=1S/C14H20N2O5/c1-4-21-12-9-10(5-6-11(12)16(19)20)15-14(2,3)8-7-13(17)18/h5-6,9,15H,4,7-8H2,1-3H3,(H,17,18). The third-order valence-corrected chi connectivity index (χ3v) is 2.90. The fourth-order valence-corrected chi connectivity index (χ4v) is 1.89. The van der Waals surface area contributed by atoms with Gasteiger partial charge in [-0.05, 0) is 33.3 Å². The molecule has 1 rings (SSSR count). The Morgan fingerprint density at radius 2 is 2.14 bits per heavy atom. The first kappa shape index (κ1) is 16.7. The van der Waals surface area contributed by atoms with Crippen LogP contribution in [0.2, 0.25) is 0 Å². The molecule has 7 heteroatoms. The van der Waals surface area contributed by atoms with Gasteiger partial charge in [-0.15, -0.1) is 0 Å². The van der Waals surface area contributed by atoms with E-state index in [1.807, 2.05) is 13.8 Å². The van der Waals surface area contributed by atoms with Crippen LogP contribution in [0.3, 0.4) is 0 Å². The lowest BCUT2D eigenvalue weighted by Crippen LogP contribution is -2.31. The molecule has 0 atom stereocenters. The van der Waals surface area contributed by atoms with Crippen molar-refractivity contribution in [3.8, 4) is 5.75 Å². The Morgan fingerprint density at radius 1 is 1.48 bits per heavy atom. The molecular weight excluding hydrogens is 276 g/mol. The Balaban J connectivity index is 2.90. The van der Waals surface area contributed by atoms with Crippen molar-refractivity contribution in [2.45, 2.75) is 39.2 Å². The van der Waals surface area contributed by atoms with Crippen molar-refractivity contribution in [1.82, 2.24) is 0 Å². The van der Waals surface area contributed by atoms with Crippen molar-refractivity contribution in [2.24, 2.45) is 0 Å². The van der Waals surface area contributed by atoms with Crippen LogP contribution in [0.4, 0.5) is 11.4 Å². The summed E-state index contributed by atoms with van der Waals surface area (Å²) in [6.07, 6.45) is 0.481. The first-order valence-electron chi connectivity index (χ1n) is 6.66. The number of hydrogen-bond acceptors (Lipinski definition) is 5. The van der Waals surface area contributed by atoms with Crippen LogP contribution in [0, 0.1) is 10.1 Å². The molecule has 0 heterocycles. The maximum Gasteiger partial charge on any atom is 0.311 e. The van der Waals surface area contributed by atoms with E-state index in [1.54, 1.807) is 19.1 Å². The van der Waals surface area contributed by atoms with Crippen LogP contribution in [0.25, 0.3) is 0 Å². The van der Waals surface area contributed by atoms with Gasteiger partial charge in [-0.3, -0.25) is 14.9 Å². The molecule has 21 heavy (non-hydrogen) atoms. The molecule has 0 aliphatic carbocycles. The SMILES string of the molecule is CCOc1cc(NC(C)(C)CCC(=O)O)ccc1[N+](=O)[O-]. The van der Waals surface area contributed by atoms with Crippen LogP contribution >= 0.6 is 0 Å². The van der Waals surface area contributed by atoms with E-state index in [2.05, 4.69) is 5.32 Å². The molecule has 0 amide bonds. The van der Waals surface area contributed by atoms with Crippen molar-refractivity contribution >= 4 is 17.3 Å². The Kier molecular flexibility index (Phi) is 5.52. The zero-order valence-electron chi connectivity index (χ0n) is 12.4. The number of hydrogen-bond donors (Lipinski definition) is 2. The number of nitrogens with zero attached hydrogens (tertiary/aromatic N) is 1. The number of anilines is 1. The zero-order chi connectivity index (χ0) is 16.0. The molecule has 2 N–H and O–H groups in total. The van der Waals surface area contributed by atoms with Crippen LogP contribution in [-0.2, 0) is 4.79 Å². The summed E-state index contributed by atoms with van der Waals surface area (Å²) in [7, 11) is 0. The molecule has 0 bridgehead atoms. The minimum absolute atomic E-state index is 0.0469. The summed E-state index contributed by atoms with van der Waals surface area (Å²) in [4.78, 5) is 21.0. The monoisotopic (exact) mass is 296 g/mol. The van der Waals surface area contributed by atoms with Gasteiger partial charge in [0, 0.05) is 29.8 Å². The predicted octanol–water partition coefficient (Wildman–Crippen LogP) is 3.05. The average Bonchev–Trinajstić information content (AvgIpc) is 2.36. The molecule has 0 spiro atoms. The second-order valence-corrected chi connectivity index (χ2v) is 5.28. The predicted molar refractivity (Wildman–Crippen MR) is 78.8 cm³/mol. The highest BCUT2D eigenvalue weighted by Gasteiger charge is 2.21. The Morgan fingerprint density at radius 3 is 2.67 bits per heavy atom. The molecule has 0 aliphatic heterocycles. The molecular formula is C14H20N2O5. The van der Waals surface area contributed by atoms with Gasteiger partial charge in [-0.1, -0.05) is 0 Å². The van der Waals surface area contributed by atoms with Gasteiger partial charge in [0.25, 0.3) is 0 Å². The number of ether oxygens (including phenoxy) is 1. The summed E-state index contributed by atoms with van der Waals surface area (Å²) in [5.41, 5.74) is 0.114. The fourth-order valence-electron chi connectivity index (χ4n) is 1.89. The summed E-state index contributed by atoms with van der Waals surface area (Å²) in [6, 6.07) is 4.52. The molecule has 0 saturated heterocycles. The van der Waals surface area contributed by atoms with E-state index in [0.29, 0.717) is 18.7 Å². The van der Waals surface area contributed by atoms with E-state index in [9.17, 15) is 14.9 Å². The number of nitrogens with one attached hydrogen (secondary N) is 1. The van der Waals surface area contributed by atoms with Crippen LogP contribution < -0.4 is 10.1 Å². The van der Waals surface area contributed by atoms with E-state index in [-0.39, 0.29) is 17.9 Å². The molecule has 1 aromatic rings. The van der Waals surface area contributed by atoms with Crippen molar-refractivity contribution < 1.29 is 19.6 Å². The van der Waals surface area contributed by atoms with E-state index in [0.717, 1.165) is 0 Å². The largest absolute Gasteiger partial charge is 0.487 e. The number of nitro benzene ring substituents is 1. The molecule has 0 unspecified atom stereocenters.